The molecule has 1 rings (SSSR count). The molecule has 0 aliphatic carbocycles. The summed E-state index contributed by atoms with van der Waals surface area (Å²) in [4.78, 5) is 23.3. The molecule has 0 bridgehead atoms. The van der Waals surface area contributed by atoms with Crippen LogP contribution >= 0.6 is 0 Å². The van der Waals surface area contributed by atoms with Crippen molar-refractivity contribution in [2.75, 3.05) is 0 Å². The molecule has 0 unspecified atom stereocenters. The van der Waals surface area contributed by atoms with Crippen LogP contribution in [-0.4, -0.2) is 40.9 Å². The molecule has 1 heterocycles. The van der Waals surface area contributed by atoms with E-state index in [4.69, 9.17) is 4.74 Å². The van der Waals surface area contributed by atoms with Crippen LogP contribution in [0.3, 0.4) is 0 Å². The van der Waals surface area contributed by atoms with E-state index in [-0.39, 0.29) is 18.0 Å². The van der Waals surface area contributed by atoms with Crippen LogP contribution in [-0.2, 0) is 9.53 Å². The first-order valence-corrected chi connectivity index (χ1v) is 8.08. The zero-order chi connectivity index (χ0) is 16.9. The molecule has 128 valence electrons. The van der Waals surface area contributed by atoms with E-state index in [1.165, 1.54) is 0 Å². The number of amides is 1. The van der Waals surface area contributed by atoms with Gasteiger partial charge in [-0.2, -0.15) is 0 Å². The second kappa shape index (κ2) is 7.81. The molecule has 1 saturated heterocycles. The quantitative estimate of drug-likeness (QED) is 0.742. The van der Waals surface area contributed by atoms with Gasteiger partial charge in [0.15, 0.2) is 0 Å². The van der Waals surface area contributed by atoms with Gasteiger partial charge < -0.3 is 15.2 Å². The number of aliphatic carboxylic acids is 1. The number of hydrogen-bond acceptors (Lipinski definition) is 4. The highest BCUT2D eigenvalue weighted by atomic mass is 16.6. The molecule has 1 fully saturated rings. The van der Waals surface area contributed by atoms with Crippen LogP contribution in [0.25, 0.3) is 0 Å². The van der Waals surface area contributed by atoms with Crippen molar-refractivity contribution in [3.63, 3.8) is 0 Å². The lowest BCUT2D eigenvalue weighted by atomic mass is 9.93. The Labute approximate surface area is 133 Å². The molecule has 0 aromatic rings. The standard InChI is InChI=1S/C16H30N2O4/c1-10(2)13(18-15(21)22-16(3,4)5)11-8-6-7-9-12(17-11)14(19)20/h10-13,17H,6-9H2,1-5H3,(H,18,21)(H,19,20)/t11-,12+,13+/m1/s1. The fraction of sp³-hybridized carbons (Fsp3) is 0.875. The van der Waals surface area contributed by atoms with Crippen LogP contribution in [0.1, 0.15) is 60.3 Å². The Morgan fingerprint density at radius 3 is 2.32 bits per heavy atom. The minimum absolute atomic E-state index is 0.0591. The number of rotatable bonds is 4. The Morgan fingerprint density at radius 1 is 1.23 bits per heavy atom. The molecule has 0 spiro atoms. The van der Waals surface area contributed by atoms with Crippen molar-refractivity contribution in [3.05, 3.63) is 0 Å². The van der Waals surface area contributed by atoms with Crippen LogP contribution in [0.5, 0.6) is 0 Å². The molecule has 22 heavy (non-hydrogen) atoms. The normalized spacial score (nSPS) is 24.5. The molecule has 6 nitrogen and oxygen atoms in total. The monoisotopic (exact) mass is 314 g/mol. The van der Waals surface area contributed by atoms with Crippen molar-refractivity contribution in [1.29, 1.82) is 0 Å². The predicted octanol–water partition coefficient (Wildman–Crippen LogP) is 2.52. The van der Waals surface area contributed by atoms with E-state index in [9.17, 15) is 14.7 Å². The van der Waals surface area contributed by atoms with Crippen LogP contribution in [0.2, 0.25) is 0 Å². The molecule has 1 aliphatic heterocycles. The lowest BCUT2D eigenvalue weighted by molar-refractivity contribution is -0.139. The Hall–Kier alpha value is -1.30. The van der Waals surface area contributed by atoms with Gasteiger partial charge >= 0.3 is 12.1 Å². The van der Waals surface area contributed by atoms with Crippen molar-refractivity contribution >= 4 is 12.1 Å². The fourth-order valence-corrected chi connectivity index (χ4v) is 2.79. The number of carboxylic acid groups (broad SMARTS) is 1. The highest BCUT2D eigenvalue weighted by Crippen LogP contribution is 2.20. The molecule has 1 amide bonds. The van der Waals surface area contributed by atoms with Gasteiger partial charge in [-0.15, -0.1) is 0 Å². The maximum Gasteiger partial charge on any atom is 0.407 e. The van der Waals surface area contributed by atoms with Crippen molar-refractivity contribution in [2.24, 2.45) is 5.92 Å². The van der Waals surface area contributed by atoms with Gasteiger partial charge in [0.25, 0.3) is 0 Å². The van der Waals surface area contributed by atoms with E-state index >= 15 is 0 Å². The summed E-state index contributed by atoms with van der Waals surface area (Å²) in [6.07, 6.45) is 2.87. The van der Waals surface area contributed by atoms with Crippen molar-refractivity contribution in [3.8, 4) is 0 Å². The first kappa shape index (κ1) is 18.7. The van der Waals surface area contributed by atoms with Gasteiger partial charge in [0, 0.05) is 12.1 Å². The number of nitrogens with one attached hydrogen (secondary N) is 2. The zero-order valence-corrected chi connectivity index (χ0v) is 14.3. The second-order valence-corrected chi connectivity index (χ2v) is 7.36. The summed E-state index contributed by atoms with van der Waals surface area (Å²) in [5.74, 6) is -0.649. The minimum atomic E-state index is -0.827. The third-order valence-electron chi connectivity index (χ3n) is 3.81. The average molecular weight is 314 g/mol. The van der Waals surface area contributed by atoms with E-state index < -0.39 is 23.7 Å². The summed E-state index contributed by atoms with van der Waals surface area (Å²) in [6, 6.07) is -0.764. The number of carbonyl (C=O) groups is 2. The van der Waals surface area contributed by atoms with Crippen molar-refractivity contribution < 1.29 is 19.4 Å². The molecule has 6 heteroatoms. The third kappa shape index (κ3) is 6.22. The number of carbonyl (C=O) groups excluding carboxylic acids is 1. The van der Waals surface area contributed by atoms with Gasteiger partial charge in [-0.05, 0) is 39.5 Å². The van der Waals surface area contributed by atoms with Crippen molar-refractivity contribution in [1.82, 2.24) is 10.6 Å². The van der Waals surface area contributed by atoms with Crippen LogP contribution < -0.4 is 10.6 Å². The van der Waals surface area contributed by atoms with Crippen LogP contribution in [0.15, 0.2) is 0 Å². The SMILES string of the molecule is CC(C)[C@H](NC(=O)OC(C)(C)C)[C@H]1CCCC[C@@H](C(=O)O)N1. The Balaban J connectivity index is 2.76. The van der Waals surface area contributed by atoms with Crippen LogP contribution in [0, 0.1) is 5.92 Å². The molecule has 1 aliphatic rings. The van der Waals surface area contributed by atoms with Gasteiger partial charge in [0.05, 0.1) is 0 Å². The van der Waals surface area contributed by atoms with Crippen LogP contribution in [0.4, 0.5) is 4.79 Å². The number of alkyl carbamates (subject to hydrolysis) is 1. The molecule has 0 radical (unpaired) electrons. The highest BCUT2D eigenvalue weighted by molar-refractivity contribution is 5.73. The van der Waals surface area contributed by atoms with Gasteiger partial charge in [-0.1, -0.05) is 26.7 Å². The van der Waals surface area contributed by atoms with Crippen molar-refractivity contribution in [2.45, 2.75) is 84.0 Å². The van der Waals surface area contributed by atoms with Gasteiger partial charge in [0.1, 0.15) is 11.6 Å². The highest BCUT2D eigenvalue weighted by Gasteiger charge is 2.32. The van der Waals surface area contributed by atoms with Gasteiger partial charge in [-0.25, -0.2) is 4.79 Å². The number of ether oxygens (including phenoxy) is 1. The predicted molar refractivity (Wildman–Crippen MR) is 84.8 cm³/mol. The molecule has 0 saturated carbocycles. The minimum Gasteiger partial charge on any atom is -0.480 e. The molecule has 0 aromatic heterocycles. The number of hydrogen-bond donors (Lipinski definition) is 3. The maximum atomic E-state index is 12.0. The first-order chi connectivity index (χ1) is 10.1. The average Bonchev–Trinajstić information content (AvgIpc) is 2.59. The molecule has 3 N–H and O–H groups in total. The summed E-state index contributed by atoms with van der Waals surface area (Å²) >= 11 is 0. The van der Waals surface area contributed by atoms with Gasteiger partial charge in [-0.3, -0.25) is 10.1 Å². The topological polar surface area (TPSA) is 87.7 Å². The Bertz CT molecular complexity index is 390. The lowest BCUT2D eigenvalue weighted by Crippen LogP contribution is -2.56. The summed E-state index contributed by atoms with van der Waals surface area (Å²) in [6.45, 7) is 9.50. The smallest absolute Gasteiger partial charge is 0.407 e. The molecule has 3 atom stereocenters. The Morgan fingerprint density at radius 2 is 1.82 bits per heavy atom. The summed E-state index contributed by atoms with van der Waals surface area (Å²) in [5, 5.41) is 15.4. The summed E-state index contributed by atoms with van der Waals surface area (Å²) in [7, 11) is 0. The fourth-order valence-electron chi connectivity index (χ4n) is 2.79. The maximum absolute atomic E-state index is 12.0. The van der Waals surface area contributed by atoms with E-state index in [1.54, 1.807) is 0 Å². The largest absolute Gasteiger partial charge is 0.480 e. The zero-order valence-electron chi connectivity index (χ0n) is 14.3. The van der Waals surface area contributed by atoms with E-state index in [2.05, 4.69) is 10.6 Å². The summed E-state index contributed by atoms with van der Waals surface area (Å²) < 4.78 is 5.32. The van der Waals surface area contributed by atoms with E-state index in [1.807, 2.05) is 34.6 Å². The third-order valence-corrected chi connectivity index (χ3v) is 3.81. The summed E-state index contributed by atoms with van der Waals surface area (Å²) in [5.41, 5.74) is -0.550. The van der Waals surface area contributed by atoms with Gasteiger partial charge in [0.2, 0.25) is 0 Å². The molecular formula is C16H30N2O4. The molecular weight excluding hydrogens is 284 g/mol. The number of carboxylic acids is 1. The van der Waals surface area contributed by atoms with E-state index in [0.717, 1.165) is 19.3 Å². The second-order valence-electron chi connectivity index (χ2n) is 7.36. The molecule has 0 aromatic carbocycles. The lowest BCUT2D eigenvalue weighted by Gasteiger charge is -2.33. The Kier molecular flexibility index (Phi) is 6.66. The van der Waals surface area contributed by atoms with E-state index in [0.29, 0.717) is 6.42 Å². The first-order valence-electron chi connectivity index (χ1n) is 8.08.